The van der Waals surface area contributed by atoms with Crippen molar-refractivity contribution in [2.75, 3.05) is 26.2 Å². The zero-order chi connectivity index (χ0) is 12.2. The summed E-state index contributed by atoms with van der Waals surface area (Å²) < 4.78 is 5.75. The Bertz CT molecular complexity index is 202. The van der Waals surface area contributed by atoms with Gasteiger partial charge in [0.15, 0.2) is 0 Å². The van der Waals surface area contributed by atoms with Crippen LogP contribution in [0.4, 0.5) is 0 Å². The Morgan fingerprint density at radius 3 is 2.38 bits per heavy atom. The van der Waals surface area contributed by atoms with Crippen LogP contribution in [-0.2, 0) is 4.74 Å². The summed E-state index contributed by atoms with van der Waals surface area (Å²) in [5.74, 6) is 0.721. The van der Waals surface area contributed by atoms with E-state index in [1.165, 1.54) is 12.8 Å². The lowest BCUT2D eigenvalue weighted by molar-refractivity contribution is -0.102. The molecule has 0 aromatic heterocycles. The molecule has 0 radical (unpaired) electrons. The fourth-order valence-electron chi connectivity index (χ4n) is 2.81. The molecule has 0 saturated carbocycles. The van der Waals surface area contributed by atoms with Gasteiger partial charge in [-0.1, -0.05) is 26.7 Å². The first-order valence-electron chi connectivity index (χ1n) is 6.62. The summed E-state index contributed by atoms with van der Waals surface area (Å²) >= 11 is 0. The van der Waals surface area contributed by atoms with Gasteiger partial charge in [-0.15, -0.1) is 0 Å². The summed E-state index contributed by atoms with van der Waals surface area (Å²) in [6.07, 6.45) is 2.44. The van der Waals surface area contributed by atoms with Gasteiger partial charge >= 0.3 is 0 Å². The highest BCUT2D eigenvalue weighted by Crippen LogP contribution is 2.24. The maximum absolute atomic E-state index is 5.96. The third-order valence-electron chi connectivity index (χ3n) is 3.76. The van der Waals surface area contributed by atoms with Gasteiger partial charge in [-0.05, 0) is 19.8 Å². The summed E-state index contributed by atoms with van der Waals surface area (Å²) in [7, 11) is 0. The predicted molar refractivity (Wildman–Crippen MR) is 68.5 cm³/mol. The number of nitrogens with zero attached hydrogens (tertiary/aromatic N) is 1. The Balaban J connectivity index is 2.64. The number of morpholine rings is 1. The fourth-order valence-corrected chi connectivity index (χ4v) is 2.81. The van der Waals surface area contributed by atoms with E-state index in [2.05, 4.69) is 32.6 Å². The lowest BCUT2D eigenvalue weighted by Gasteiger charge is -2.44. The van der Waals surface area contributed by atoms with Crippen LogP contribution in [0, 0.1) is 5.92 Å². The topological polar surface area (TPSA) is 38.5 Å². The van der Waals surface area contributed by atoms with Gasteiger partial charge in [0.05, 0.1) is 12.2 Å². The molecule has 16 heavy (non-hydrogen) atoms. The first-order valence-corrected chi connectivity index (χ1v) is 6.62. The van der Waals surface area contributed by atoms with Crippen LogP contribution in [0.15, 0.2) is 0 Å². The van der Waals surface area contributed by atoms with E-state index in [1.807, 2.05) is 0 Å². The zero-order valence-corrected chi connectivity index (χ0v) is 11.3. The van der Waals surface area contributed by atoms with E-state index in [1.54, 1.807) is 0 Å². The predicted octanol–water partition coefficient (Wildman–Crippen LogP) is 1.86. The Morgan fingerprint density at radius 1 is 1.31 bits per heavy atom. The van der Waals surface area contributed by atoms with E-state index in [-0.39, 0.29) is 5.60 Å². The summed E-state index contributed by atoms with van der Waals surface area (Å²) in [6.45, 7) is 12.5. The highest BCUT2D eigenvalue weighted by atomic mass is 16.5. The van der Waals surface area contributed by atoms with Crippen molar-refractivity contribution in [1.82, 2.24) is 4.90 Å². The molecule has 1 fully saturated rings. The molecule has 2 N–H and O–H groups in total. The van der Waals surface area contributed by atoms with E-state index in [0.29, 0.717) is 6.04 Å². The lowest BCUT2D eigenvalue weighted by Crippen LogP contribution is -2.56. The minimum Gasteiger partial charge on any atom is -0.373 e. The number of hydrogen-bond donors (Lipinski definition) is 1. The van der Waals surface area contributed by atoms with E-state index in [0.717, 1.165) is 32.2 Å². The van der Waals surface area contributed by atoms with Crippen molar-refractivity contribution in [1.29, 1.82) is 0 Å². The molecule has 1 saturated heterocycles. The molecule has 1 unspecified atom stereocenters. The molecule has 1 aliphatic heterocycles. The van der Waals surface area contributed by atoms with E-state index < -0.39 is 0 Å². The van der Waals surface area contributed by atoms with Crippen molar-refractivity contribution in [3.8, 4) is 0 Å². The molecule has 0 bridgehead atoms. The van der Waals surface area contributed by atoms with Gasteiger partial charge in [0.2, 0.25) is 0 Å². The van der Waals surface area contributed by atoms with Gasteiger partial charge < -0.3 is 10.5 Å². The Morgan fingerprint density at radius 2 is 1.94 bits per heavy atom. The van der Waals surface area contributed by atoms with Crippen LogP contribution in [0.2, 0.25) is 0 Å². The first-order chi connectivity index (χ1) is 7.54. The van der Waals surface area contributed by atoms with Crippen LogP contribution < -0.4 is 5.73 Å². The molecule has 0 aliphatic carbocycles. The van der Waals surface area contributed by atoms with Crippen molar-refractivity contribution in [2.45, 2.75) is 52.2 Å². The molecule has 1 atom stereocenters. The first kappa shape index (κ1) is 13.9. The monoisotopic (exact) mass is 228 g/mol. The highest BCUT2D eigenvalue weighted by Gasteiger charge is 2.33. The van der Waals surface area contributed by atoms with E-state index in [4.69, 9.17) is 10.5 Å². The summed E-state index contributed by atoms with van der Waals surface area (Å²) in [5.41, 5.74) is 5.95. The summed E-state index contributed by atoms with van der Waals surface area (Å²) in [5, 5.41) is 0. The molecule has 3 nitrogen and oxygen atoms in total. The Labute approximate surface area is 100 Å². The van der Waals surface area contributed by atoms with Crippen LogP contribution in [0.1, 0.15) is 40.5 Å². The summed E-state index contributed by atoms with van der Waals surface area (Å²) in [4.78, 5) is 2.53. The molecule has 96 valence electrons. The third-order valence-corrected chi connectivity index (χ3v) is 3.76. The van der Waals surface area contributed by atoms with Gasteiger partial charge in [-0.25, -0.2) is 0 Å². The minimum atomic E-state index is -0.0162. The van der Waals surface area contributed by atoms with Gasteiger partial charge in [-0.3, -0.25) is 4.90 Å². The second kappa shape index (κ2) is 5.99. The van der Waals surface area contributed by atoms with Crippen molar-refractivity contribution in [3.05, 3.63) is 0 Å². The van der Waals surface area contributed by atoms with Crippen LogP contribution in [-0.4, -0.2) is 42.8 Å². The largest absolute Gasteiger partial charge is 0.373 e. The third kappa shape index (κ3) is 3.44. The van der Waals surface area contributed by atoms with Gasteiger partial charge in [0, 0.05) is 25.7 Å². The minimum absolute atomic E-state index is 0.0162. The molecule has 0 aromatic carbocycles. The van der Waals surface area contributed by atoms with Gasteiger partial charge in [-0.2, -0.15) is 0 Å². The molecule has 1 heterocycles. The normalized spacial score (nSPS) is 23.6. The quantitative estimate of drug-likeness (QED) is 0.780. The van der Waals surface area contributed by atoms with Crippen LogP contribution in [0.25, 0.3) is 0 Å². The smallest absolute Gasteiger partial charge is 0.0753 e. The standard InChI is InChI=1S/C13H28N2O/c1-5-11(6-2)12(9-14)15-7-8-16-13(3,4)10-15/h11-12H,5-10,14H2,1-4H3. The molecule has 1 rings (SSSR count). The number of nitrogens with two attached hydrogens (primary N) is 1. The van der Waals surface area contributed by atoms with E-state index in [9.17, 15) is 0 Å². The maximum Gasteiger partial charge on any atom is 0.0753 e. The van der Waals surface area contributed by atoms with Crippen LogP contribution >= 0.6 is 0 Å². The van der Waals surface area contributed by atoms with Crippen molar-refractivity contribution >= 4 is 0 Å². The number of rotatable bonds is 5. The number of ether oxygens (including phenoxy) is 1. The molecule has 1 aliphatic rings. The van der Waals surface area contributed by atoms with Gasteiger partial charge in [0.1, 0.15) is 0 Å². The van der Waals surface area contributed by atoms with E-state index >= 15 is 0 Å². The Kier molecular flexibility index (Phi) is 5.22. The molecule has 3 heteroatoms. The van der Waals surface area contributed by atoms with Crippen LogP contribution in [0.3, 0.4) is 0 Å². The summed E-state index contributed by atoms with van der Waals surface area (Å²) in [6, 6.07) is 0.526. The molecule has 0 amide bonds. The average molecular weight is 228 g/mol. The fraction of sp³-hybridized carbons (Fsp3) is 1.00. The second-order valence-electron chi connectivity index (χ2n) is 5.46. The highest BCUT2D eigenvalue weighted by molar-refractivity contribution is 4.86. The van der Waals surface area contributed by atoms with Crippen molar-refractivity contribution < 1.29 is 4.74 Å². The molecule has 0 aromatic rings. The lowest BCUT2D eigenvalue weighted by atomic mass is 9.91. The van der Waals surface area contributed by atoms with Crippen molar-refractivity contribution in [2.24, 2.45) is 11.7 Å². The molecular formula is C13H28N2O. The van der Waals surface area contributed by atoms with Gasteiger partial charge in [0.25, 0.3) is 0 Å². The Hall–Kier alpha value is -0.120. The SMILES string of the molecule is CCC(CC)C(CN)N1CCOC(C)(C)C1. The zero-order valence-electron chi connectivity index (χ0n) is 11.3. The molecular weight excluding hydrogens is 200 g/mol. The second-order valence-corrected chi connectivity index (χ2v) is 5.46. The van der Waals surface area contributed by atoms with Crippen LogP contribution in [0.5, 0.6) is 0 Å². The van der Waals surface area contributed by atoms with Crippen molar-refractivity contribution in [3.63, 3.8) is 0 Å². The number of hydrogen-bond acceptors (Lipinski definition) is 3. The maximum atomic E-state index is 5.96. The average Bonchev–Trinajstić information content (AvgIpc) is 2.24. The molecule has 0 spiro atoms.